The van der Waals surface area contributed by atoms with Gasteiger partial charge >= 0.3 is 0 Å². The number of rotatable bonds is 7. The van der Waals surface area contributed by atoms with Crippen molar-refractivity contribution in [2.45, 2.75) is 17.4 Å². The number of hydrogen-bond donors (Lipinski definition) is 0. The predicted molar refractivity (Wildman–Crippen MR) is 100 cm³/mol. The first-order valence-corrected chi connectivity index (χ1v) is 9.10. The van der Waals surface area contributed by atoms with Crippen LogP contribution in [0, 0.1) is 11.6 Å². The van der Waals surface area contributed by atoms with E-state index in [0.717, 1.165) is 12.1 Å². The summed E-state index contributed by atoms with van der Waals surface area (Å²) in [5.41, 5.74) is 1.20. The van der Waals surface area contributed by atoms with Gasteiger partial charge < -0.3 is 18.6 Å². The molecule has 6 nitrogen and oxygen atoms in total. The van der Waals surface area contributed by atoms with Crippen molar-refractivity contribution < 1.29 is 27.4 Å². The molecule has 9 heteroatoms. The van der Waals surface area contributed by atoms with Crippen LogP contribution in [0.2, 0.25) is 0 Å². The van der Waals surface area contributed by atoms with Gasteiger partial charge in [-0.25, -0.2) is 8.78 Å². The molecule has 0 N–H and O–H groups in total. The van der Waals surface area contributed by atoms with E-state index in [2.05, 4.69) is 10.2 Å². The molecule has 0 spiro atoms. The summed E-state index contributed by atoms with van der Waals surface area (Å²) in [6.07, 6.45) is 0. The Morgan fingerprint density at radius 3 is 2.18 bits per heavy atom. The molecule has 1 atom stereocenters. The van der Waals surface area contributed by atoms with Gasteiger partial charge in [-0.1, -0.05) is 17.8 Å². The lowest BCUT2D eigenvalue weighted by Gasteiger charge is -2.12. The first kappa shape index (κ1) is 19.9. The van der Waals surface area contributed by atoms with Gasteiger partial charge in [-0.2, -0.15) is 0 Å². The molecule has 28 heavy (non-hydrogen) atoms. The summed E-state index contributed by atoms with van der Waals surface area (Å²) >= 11 is 1.24. The number of hydrogen-bond acceptors (Lipinski definition) is 7. The molecule has 1 heterocycles. The third kappa shape index (κ3) is 4.04. The van der Waals surface area contributed by atoms with Gasteiger partial charge in [0.1, 0.15) is 0 Å². The van der Waals surface area contributed by atoms with Crippen LogP contribution in [-0.2, 0) is 0 Å². The maximum atomic E-state index is 13.4. The fourth-order valence-electron chi connectivity index (χ4n) is 2.56. The number of methoxy groups -OCH3 is 3. The first-order valence-electron chi connectivity index (χ1n) is 8.22. The van der Waals surface area contributed by atoms with Crippen LogP contribution >= 0.6 is 11.8 Å². The third-order valence-electron chi connectivity index (χ3n) is 4.01. The van der Waals surface area contributed by atoms with Gasteiger partial charge in [0, 0.05) is 10.8 Å². The van der Waals surface area contributed by atoms with Gasteiger partial charge in [-0.15, -0.1) is 10.2 Å². The maximum Gasteiger partial charge on any atom is 0.277 e. The van der Waals surface area contributed by atoms with Crippen molar-refractivity contribution in [1.29, 1.82) is 0 Å². The highest BCUT2D eigenvalue weighted by Crippen LogP contribution is 2.42. The number of nitrogens with zero attached hydrogens (tertiary/aromatic N) is 2. The quantitative estimate of drug-likeness (QED) is 0.516. The molecular formula is C19H18F2N2O4S. The standard InChI is InChI=1S/C19H18F2N2O4S/c1-10(11-5-6-13(20)14(21)7-11)28-19-23-22-18(27-19)12-8-15(24-2)17(26-4)16(9-12)25-3/h5-10H,1-4H3. The van der Waals surface area contributed by atoms with Crippen LogP contribution in [0.15, 0.2) is 40.0 Å². The van der Waals surface area contributed by atoms with Gasteiger partial charge in [-0.3, -0.25) is 0 Å². The van der Waals surface area contributed by atoms with Crippen LogP contribution in [0.1, 0.15) is 17.7 Å². The van der Waals surface area contributed by atoms with E-state index in [9.17, 15) is 8.78 Å². The van der Waals surface area contributed by atoms with E-state index in [-0.39, 0.29) is 11.1 Å². The predicted octanol–water partition coefficient (Wildman–Crippen LogP) is 4.89. The van der Waals surface area contributed by atoms with Crippen molar-refractivity contribution in [2.24, 2.45) is 0 Å². The van der Waals surface area contributed by atoms with E-state index in [0.29, 0.717) is 33.6 Å². The number of ether oxygens (including phenoxy) is 3. The van der Waals surface area contributed by atoms with Crippen LogP contribution in [0.4, 0.5) is 8.78 Å². The molecule has 2 aromatic carbocycles. The lowest BCUT2D eigenvalue weighted by atomic mass is 10.1. The molecule has 3 aromatic rings. The summed E-state index contributed by atoms with van der Waals surface area (Å²) in [5.74, 6) is -0.148. The molecule has 148 valence electrons. The number of thioether (sulfide) groups is 1. The van der Waals surface area contributed by atoms with Gasteiger partial charge in [0.05, 0.1) is 21.3 Å². The van der Waals surface area contributed by atoms with E-state index in [1.54, 1.807) is 12.1 Å². The van der Waals surface area contributed by atoms with Crippen molar-refractivity contribution in [2.75, 3.05) is 21.3 Å². The highest BCUT2D eigenvalue weighted by Gasteiger charge is 2.19. The lowest BCUT2D eigenvalue weighted by Crippen LogP contribution is -1.95. The summed E-state index contributed by atoms with van der Waals surface area (Å²) in [5, 5.41) is 8.14. The zero-order chi connectivity index (χ0) is 20.3. The van der Waals surface area contributed by atoms with Crippen molar-refractivity contribution in [3.05, 3.63) is 47.5 Å². The Labute approximate surface area is 164 Å². The van der Waals surface area contributed by atoms with Crippen molar-refractivity contribution >= 4 is 11.8 Å². The number of halogens is 2. The van der Waals surface area contributed by atoms with Gasteiger partial charge in [0.15, 0.2) is 23.1 Å². The van der Waals surface area contributed by atoms with Crippen LogP contribution in [0.25, 0.3) is 11.5 Å². The Hall–Kier alpha value is -2.81. The SMILES string of the molecule is COc1cc(-c2nnc(SC(C)c3ccc(F)c(F)c3)o2)cc(OC)c1OC. The molecule has 1 unspecified atom stereocenters. The molecule has 0 aliphatic rings. The lowest BCUT2D eigenvalue weighted by molar-refractivity contribution is 0.324. The molecule has 0 radical (unpaired) electrons. The maximum absolute atomic E-state index is 13.4. The van der Waals surface area contributed by atoms with E-state index in [4.69, 9.17) is 18.6 Å². The van der Waals surface area contributed by atoms with E-state index in [1.807, 2.05) is 6.92 Å². The third-order valence-corrected chi connectivity index (χ3v) is 5.00. The van der Waals surface area contributed by atoms with E-state index in [1.165, 1.54) is 39.2 Å². The fourth-order valence-corrected chi connectivity index (χ4v) is 3.36. The second-order valence-electron chi connectivity index (χ2n) is 5.72. The van der Waals surface area contributed by atoms with E-state index >= 15 is 0 Å². The monoisotopic (exact) mass is 408 g/mol. The zero-order valence-corrected chi connectivity index (χ0v) is 16.5. The normalized spacial score (nSPS) is 11.9. The second-order valence-corrected chi connectivity index (χ2v) is 7.01. The van der Waals surface area contributed by atoms with Crippen LogP contribution in [0.5, 0.6) is 17.2 Å². The topological polar surface area (TPSA) is 66.6 Å². The van der Waals surface area contributed by atoms with Gasteiger partial charge in [-0.05, 0) is 36.8 Å². The largest absolute Gasteiger partial charge is 0.493 e. The Morgan fingerprint density at radius 2 is 1.61 bits per heavy atom. The molecule has 0 bridgehead atoms. The van der Waals surface area contributed by atoms with Crippen LogP contribution in [-0.4, -0.2) is 31.5 Å². The zero-order valence-electron chi connectivity index (χ0n) is 15.7. The molecule has 3 rings (SSSR count). The highest BCUT2D eigenvalue weighted by atomic mass is 32.2. The summed E-state index contributed by atoms with van der Waals surface area (Å²) in [7, 11) is 4.54. The Balaban J connectivity index is 1.84. The Morgan fingerprint density at radius 1 is 0.929 bits per heavy atom. The van der Waals surface area contributed by atoms with Crippen molar-refractivity contribution in [3.63, 3.8) is 0 Å². The molecule has 0 saturated carbocycles. The fraction of sp³-hybridized carbons (Fsp3) is 0.263. The molecule has 1 aromatic heterocycles. The number of benzene rings is 2. The average molecular weight is 408 g/mol. The first-order chi connectivity index (χ1) is 13.5. The molecular weight excluding hydrogens is 390 g/mol. The average Bonchev–Trinajstić information content (AvgIpc) is 3.17. The molecule has 0 amide bonds. The second kappa shape index (κ2) is 8.47. The Bertz CT molecular complexity index is 955. The summed E-state index contributed by atoms with van der Waals surface area (Å²) in [4.78, 5) is 0. The molecule has 0 saturated heterocycles. The Kier molecular flexibility index (Phi) is 6.03. The molecule has 0 aliphatic heterocycles. The van der Waals surface area contributed by atoms with E-state index < -0.39 is 11.6 Å². The number of aromatic nitrogens is 2. The van der Waals surface area contributed by atoms with Crippen molar-refractivity contribution in [1.82, 2.24) is 10.2 Å². The summed E-state index contributed by atoms with van der Waals surface area (Å²) < 4.78 is 48.2. The summed E-state index contributed by atoms with van der Waals surface area (Å²) in [6.45, 7) is 1.83. The van der Waals surface area contributed by atoms with Crippen LogP contribution in [0.3, 0.4) is 0 Å². The smallest absolute Gasteiger partial charge is 0.277 e. The summed E-state index contributed by atoms with van der Waals surface area (Å²) in [6, 6.07) is 7.16. The van der Waals surface area contributed by atoms with Gasteiger partial charge in [0.25, 0.3) is 5.22 Å². The minimum Gasteiger partial charge on any atom is -0.493 e. The molecule has 0 fully saturated rings. The minimum absolute atomic E-state index is 0.219. The van der Waals surface area contributed by atoms with Gasteiger partial charge in [0.2, 0.25) is 11.6 Å². The van der Waals surface area contributed by atoms with Crippen LogP contribution < -0.4 is 14.2 Å². The highest BCUT2D eigenvalue weighted by molar-refractivity contribution is 7.99. The minimum atomic E-state index is -0.895. The molecule has 0 aliphatic carbocycles. The van der Waals surface area contributed by atoms with Crippen molar-refractivity contribution in [3.8, 4) is 28.7 Å².